The predicted molar refractivity (Wildman–Crippen MR) is 223 cm³/mol. The molecular formula is C46H86N4O2. The molecule has 1 saturated carbocycles. The van der Waals surface area contributed by atoms with Crippen LogP contribution >= 0.6 is 0 Å². The molecule has 0 bridgehead atoms. The summed E-state index contributed by atoms with van der Waals surface area (Å²) >= 11 is 0. The number of carbonyl (C=O) groups is 2. The van der Waals surface area contributed by atoms with Crippen molar-refractivity contribution in [3.05, 3.63) is 12.2 Å². The van der Waals surface area contributed by atoms with Gasteiger partial charge in [-0.05, 0) is 89.1 Å². The number of likely N-dealkylation sites (N-methyl/N-ethyl adjacent to an activating group) is 2. The van der Waals surface area contributed by atoms with Gasteiger partial charge in [0.1, 0.15) is 0 Å². The second-order valence-corrected chi connectivity index (χ2v) is 17.5. The summed E-state index contributed by atoms with van der Waals surface area (Å²) in [4.78, 5) is 34.0. The van der Waals surface area contributed by atoms with Crippen LogP contribution in [0.1, 0.15) is 181 Å². The van der Waals surface area contributed by atoms with E-state index in [1.165, 1.54) is 141 Å². The summed E-state index contributed by atoms with van der Waals surface area (Å²) in [5.74, 6) is 4.40. The Kier molecular flexibility index (Phi) is 24.3. The summed E-state index contributed by atoms with van der Waals surface area (Å²) in [6.45, 7) is 12.4. The van der Waals surface area contributed by atoms with E-state index in [0.717, 1.165) is 102 Å². The van der Waals surface area contributed by atoms with Crippen molar-refractivity contribution in [1.29, 1.82) is 0 Å². The Morgan fingerprint density at radius 2 is 0.904 bits per heavy atom. The number of hydrogen-bond acceptors (Lipinski definition) is 4. The quantitative estimate of drug-likeness (QED) is 0.0625. The zero-order valence-electron chi connectivity index (χ0n) is 35.1. The molecule has 6 nitrogen and oxygen atoms in total. The summed E-state index contributed by atoms with van der Waals surface area (Å²) in [6, 6.07) is 0. The first kappa shape index (κ1) is 45.0. The average molecular weight is 727 g/mol. The molecule has 0 spiro atoms. The van der Waals surface area contributed by atoms with Crippen molar-refractivity contribution in [2.75, 3.05) is 66.5 Å². The smallest absolute Gasteiger partial charge is 0.222 e. The van der Waals surface area contributed by atoms with E-state index in [1.54, 1.807) is 0 Å². The Labute approximate surface area is 323 Å². The number of piperazine rings is 2. The number of rotatable bonds is 27. The van der Waals surface area contributed by atoms with Crippen molar-refractivity contribution in [2.45, 2.75) is 181 Å². The first-order valence-electron chi connectivity index (χ1n) is 23.0. The predicted octanol–water partition coefficient (Wildman–Crippen LogP) is 10.8. The van der Waals surface area contributed by atoms with Gasteiger partial charge >= 0.3 is 0 Å². The molecule has 0 aromatic heterocycles. The third-order valence-electron chi connectivity index (χ3n) is 13.3. The van der Waals surface area contributed by atoms with E-state index in [1.807, 2.05) is 0 Å². The summed E-state index contributed by atoms with van der Waals surface area (Å²) < 4.78 is 0. The Balaban J connectivity index is 1.39. The molecule has 302 valence electrons. The van der Waals surface area contributed by atoms with Gasteiger partial charge in [-0.3, -0.25) is 9.59 Å². The summed E-state index contributed by atoms with van der Waals surface area (Å²) in [5, 5.41) is 0. The van der Waals surface area contributed by atoms with E-state index in [-0.39, 0.29) is 0 Å². The largest absolute Gasteiger partial charge is 0.340 e. The van der Waals surface area contributed by atoms with E-state index in [4.69, 9.17) is 0 Å². The molecular weight excluding hydrogens is 641 g/mol. The Bertz CT molecular complexity index is 939. The lowest BCUT2D eigenvalue weighted by molar-refractivity contribution is -0.133. The first-order valence-corrected chi connectivity index (χ1v) is 23.0. The zero-order chi connectivity index (χ0) is 37.2. The van der Waals surface area contributed by atoms with Gasteiger partial charge < -0.3 is 19.6 Å². The van der Waals surface area contributed by atoms with Crippen LogP contribution in [-0.4, -0.2) is 97.9 Å². The average Bonchev–Trinajstić information content (AvgIpc) is 3.15. The van der Waals surface area contributed by atoms with Gasteiger partial charge in [0.15, 0.2) is 0 Å². The fraction of sp³-hybridized carbons (Fsp3) is 0.913. The van der Waals surface area contributed by atoms with Gasteiger partial charge in [0.25, 0.3) is 0 Å². The van der Waals surface area contributed by atoms with Crippen LogP contribution in [0.25, 0.3) is 0 Å². The van der Waals surface area contributed by atoms with Crippen LogP contribution < -0.4 is 0 Å². The highest BCUT2D eigenvalue weighted by molar-refractivity contribution is 5.76. The maximum Gasteiger partial charge on any atom is 0.222 e. The molecule has 3 aliphatic rings. The Morgan fingerprint density at radius 1 is 0.481 bits per heavy atom. The van der Waals surface area contributed by atoms with Crippen molar-refractivity contribution >= 4 is 11.8 Å². The SMILES string of the molecule is CCCCCC[C@H]1CC[C@H](CCCCCCCC(=O)N2CCN(C)CC2)[C@H](C/C=C/CCCCCCCC(=O)N2CCN(C)CC2)[C@@H]1CCCCC. The minimum atomic E-state index is 0.373. The van der Waals surface area contributed by atoms with Gasteiger partial charge in [0.2, 0.25) is 11.8 Å². The molecule has 3 rings (SSSR count). The number of carbonyl (C=O) groups excluding carboxylic acids is 2. The lowest BCUT2D eigenvalue weighted by Gasteiger charge is -2.44. The van der Waals surface area contributed by atoms with Gasteiger partial charge in [-0.2, -0.15) is 0 Å². The lowest BCUT2D eigenvalue weighted by atomic mass is 9.61. The minimum Gasteiger partial charge on any atom is -0.340 e. The van der Waals surface area contributed by atoms with Crippen LogP contribution in [0.15, 0.2) is 12.2 Å². The second-order valence-electron chi connectivity index (χ2n) is 17.5. The molecule has 2 aliphatic heterocycles. The maximum absolute atomic E-state index is 12.6. The molecule has 52 heavy (non-hydrogen) atoms. The van der Waals surface area contributed by atoms with Gasteiger partial charge in [-0.1, -0.05) is 129 Å². The molecule has 2 saturated heterocycles. The van der Waals surface area contributed by atoms with Gasteiger partial charge in [-0.25, -0.2) is 0 Å². The van der Waals surface area contributed by atoms with Crippen LogP contribution in [0.3, 0.4) is 0 Å². The van der Waals surface area contributed by atoms with Crippen molar-refractivity contribution in [1.82, 2.24) is 19.6 Å². The van der Waals surface area contributed by atoms with Crippen LogP contribution in [0.5, 0.6) is 0 Å². The fourth-order valence-corrected chi connectivity index (χ4v) is 9.63. The van der Waals surface area contributed by atoms with Crippen LogP contribution in [0.2, 0.25) is 0 Å². The molecule has 0 aromatic rings. The van der Waals surface area contributed by atoms with E-state index in [0.29, 0.717) is 11.8 Å². The highest BCUT2D eigenvalue weighted by Crippen LogP contribution is 2.47. The molecule has 0 unspecified atom stereocenters. The highest BCUT2D eigenvalue weighted by atomic mass is 16.2. The number of unbranched alkanes of at least 4 members (excludes halogenated alkanes) is 14. The van der Waals surface area contributed by atoms with E-state index in [9.17, 15) is 9.59 Å². The third kappa shape index (κ3) is 18.3. The zero-order valence-corrected chi connectivity index (χ0v) is 35.1. The van der Waals surface area contributed by atoms with Gasteiger partial charge in [0, 0.05) is 65.2 Å². The lowest BCUT2D eigenvalue weighted by Crippen LogP contribution is -2.47. The molecule has 0 aromatic carbocycles. The topological polar surface area (TPSA) is 47.1 Å². The number of amides is 2. The summed E-state index contributed by atoms with van der Waals surface area (Å²) in [6.07, 6.45) is 38.6. The van der Waals surface area contributed by atoms with Crippen molar-refractivity contribution in [3.63, 3.8) is 0 Å². The monoisotopic (exact) mass is 727 g/mol. The molecule has 0 N–H and O–H groups in total. The molecule has 6 heteroatoms. The van der Waals surface area contributed by atoms with Crippen LogP contribution in [0.4, 0.5) is 0 Å². The van der Waals surface area contributed by atoms with Crippen molar-refractivity contribution in [2.24, 2.45) is 23.7 Å². The van der Waals surface area contributed by atoms with E-state index < -0.39 is 0 Å². The molecule has 3 fully saturated rings. The van der Waals surface area contributed by atoms with Crippen LogP contribution in [-0.2, 0) is 9.59 Å². The molecule has 4 atom stereocenters. The number of allylic oxidation sites excluding steroid dienone is 2. The molecule has 2 amide bonds. The third-order valence-corrected chi connectivity index (χ3v) is 13.3. The van der Waals surface area contributed by atoms with Crippen LogP contribution in [0, 0.1) is 23.7 Å². The van der Waals surface area contributed by atoms with E-state index in [2.05, 4.69) is 59.7 Å². The van der Waals surface area contributed by atoms with Crippen molar-refractivity contribution in [3.8, 4) is 0 Å². The standard InChI is InChI=1S/C46H86N4O2/c1-5-7-9-20-25-41-31-32-42(26-21-15-14-18-24-30-46(52)50-39-35-48(4)36-40-50)44(43(41)27-19-8-6-2)28-22-16-12-10-11-13-17-23-29-45(51)49-37-33-47(3)34-38-49/h16,22,41-44H,5-15,17-21,23-40H2,1-4H3/b22-16+/t41-,42-,43+,44-/m0/s1. The minimum absolute atomic E-state index is 0.373. The molecule has 2 heterocycles. The van der Waals surface area contributed by atoms with Crippen molar-refractivity contribution < 1.29 is 9.59 Å². The number of nitrogens with zero attached hydrogens (tertiary/aromatic N) is 4. The summed E-state index contributed by atoms with van der Waals surface area (Å²) in [5.41, 5.74) is 0. The summed E-state index contributed by atoms with van der Waals surface area (Å²) in [7, 11) is 4.30. The fourth-order valence-electron chi connectivity index (χ4n) is 9.63. The van der Waals surface area contributed by atoms with Gasteiger partial charge in [-0.15, -0.1) is 0 Å². The second kappa shape index (κ2) is 28.1. The Hall–Kier alpha value is -1.40. The Morgan fingerprint density at radius 3 is 1.44 bits per heavy atom. The molecule has 0 radical (unpaired) electrons. The normalized spacial score (nSPS) is 23.5. The highest BCUT2D eigenvalue weighted by Gasteiger charge is 2.37. The first-order chi connectivity index (χ1) is 25.4. The number of hydrogen-bond donors (Lipinski definition) is 0. The molecule has 1 aliphatic carbocycles. The van der Waals surface area contributed by atoms with Gasteiger partial charge in [0.05, 0.1) is 0 Å². The maximum atomic E-state index is 12.6. The van der Waals surface area contributed by atoms with E-state index >= 15 is 0 Å².